The Hall–Kier alpha value is -2.76. The van der Waals surface area contributed by atoms with Crippen LogP contribution in [0.15, 0.2) is 60.2 Å². The van der Waals surface area contributed by atoms with Crippen molar-refractivity contribution in [2.75, 3.05) is 40.0 Å². The van der Waals surface area contributed by atoms with Gasteiger partial charge in [-0.2, -0.15) is 0 Å². The van der Waals surface area contributed by atoms with Gasteiger partial charge in [-0.15, -0.1) is 0 Å². The minimum Gasteiger partial charge on any atom is -0.465 e. The lowest BCUT2D eigenvalue weighted by Gasteiger charge is -2.39. The Bertz CT molecular complexity index is 1050. The highest BCUT2D eigenvalue weighted by Crippen LogP contribution is 2.36. The van der Waals surface area contributed by atoms with Crippen LogP contribution in [0.5, 0.6) is 0 Å². The Morgan fingerprint density at radius 2 is 1.97 bits per heavy atom. The van der Waals surface area contributed by atoms with Crippen LogP contribution < -0.4 is 0 Å². The molecule has 1 aliphatic heterocycles. The van der Waals surface area contributed by atoms with E-state index >= 15 is 0 Å². The summed E-state index contributed by atoms with van der Waals surface area (Å²) in [6.07, 6.45) is 8.28. The van der Waals surface area contributed by atoms with Gasteiger partial charge in [0.25, 0.3) is 0 Å². The second-order valence-electron chi connectivity index (χ2n) is 9.27. The van der Waals surface area contributed by atoms with Crippen LogP contribution in [0.4, 0.5) is 4.39 Å². The average molecular weight is 464 g/mol. The molecule has 2 aromatic rings. The summed E-state index contributed by atoms with van der Waals surface area (Å²) in [6, 6.07) is 14.6. The highest BCUT2D eigenvalue weighted by molar-refractivity contribution is 5.92. The predicted molar refractivity (Wildman–Crippen MR) is 134 cm³/mol. The van der Waals surface area contributed by atoms with Crippen LogP contribution in [-0.2, 0) is 17.6 Å². The van der Waals surface area contributed by atoms with Gasteiger partial charge in [0.15, 0.2) is 0 Å². The number of hydrogen-bond acceptors (Lipinski definition) is 4. The number of aliphatic hydroxyl groups excluding tert-OH is 1. The monoisotopic (exact) mass is 463 g/mol. The average Bonchev–Trinajstić information content (AvgIpc) is 3.02. The van der Waals surface area contributed by atoms with Crippen molar-refractivity contribution in [1.82, 2.24) is 4.90 Å². The maximum absolute atomic E-state index is 12.4. The van der Waals surface area contributed by atoms with Crippen LogP contribution in [0.1, 0.15) is 51.9 Å². The lowest BCUT2D eigenvalue weighted by Crippen LogP contribution is -2.47. The highest BCUT2D eigenvalue weighted by atomic mass is 19.1. The van der Waals surface area contributed by atoms with Gasteiger partial charge in [0.1, 0.15) is 0 Å². The van der Waals surface area contributed by atoms with Crippen LogP contribution in [0, 0.1) is 5.92 Å². The van der Waals surface area contributed by atoms with E-state index in [0.29, 0.717) is 17.9 Å². The van der Waals surface area contributed by atoms with Crippen molar-refractivity contribution >= 4 is 11.5 Å². The molecule has 34 heavy (non-hydrogen) atoms. The molecular formula is C29H34FNO3. The van der Waals surface area contributed by atoms with Crippen LogP contribution in [0.25, 0.3) is 5.57 Å². The van der Waals surface area contributed by atoms with Crippen molar-refractivity contribution in [3.8, 4) is 0 Å². The normalized spacial score (nSPS) is 16.9. The van der Waals surface area contributed by atoms with E-state index in [4.69, 9.17) is 4.74 Å². The standard InChI is InChI=1S/C29H34FNO3/c1-34-29(33)26-12-13-27-25(18-26)6-2-5-23(7-3-16-32)28(27)24-10-8-21(9-11-24)17-22-19-31(20-22)15-4-14-30/h3,7-13,18,22,32H,2,4-6,14-17,19-20H2,1H3/b7-3+. The van der Waals surface area contributed by atoms with Crippen molar-refractivity contribution < 1.29 is 19.0 Å². The second-order valence-corrected chi connectivity index (χ2v) is 9.27. The number of fused-ring (bicyclic) bond motifs is 1. The molecule has 0 spiro atoms. The first-order valence-corrected chi connectivity index (χ1v) is 12.2. The van der Waals surface area contributed by atoms with E-state index in [1.54, 1.807) is 6.08 Å². The first kappa shape index (κ1) is 24.4. The number of alkyl halides is 1. The number of allylic oxidation sites excluding steroid dienone is 2. The fraction of sp³-hybridized carbons (Fsp3) is 0.414. The molecule has 0 bridgehead atoms. The molecule has 2 aromatic carbocycles. The molecule has 0 radical (unpaired) electrons. The molecule has 5 heteroatoms. The third-order valence-electron chi connectivity index (χ3n) is 6.84. The van der Waals surface area contributed by atoms with Gasteiger partial charge in [0.2, 0.25) is 0 Å². The number of nitrogens with zero attached hydrogens (tertiary/aromatic N) is 1. The third kappa shape index (κ3) is 5.65. The van der Waals surface area contributed by atoms with Gasteiger partial charge in [-0.05, 0) is 83.6 Å². The van der Waals surface area contributed by atoms with Crippen LogP contribution >= 0.6 is 0 Å². The zero-order valence-electron chi connectivity index (χ0n) is 19.9. The summed E-state index contributed by atoms with van der Waals surface area (Å²) in [7, 11) is 1.41. The van der Waals surface area contributed by atoms with E-state index in [9.17, 15) is 14.3 Å². The Morgan fingerprint density at radius 1 is 1.18 bits per heavy atom. The number of likely N-dealkylation sites (tertiary alicyclic amines) is 1. The molecule has 0 aromatic heterocycles. The molecule has 180 valence electrons. The molecule has 1 N–H and O–H groups in total. The number of aryl methyl sites for hydroxylation is 1. The molecule has 2 aliphatic rings. The molecule has 1 aliphatic carbocycles. The van der Waals surface area contributed by atoms with Crippen LogP contribution in [-0.4, -0.2) is 56.0 Å². The number of hydrogen-bond donors (Lipinski definition) is 1. The summed E-state index contributed by atoms with van der Waals surface area (Å²) in [6.45, 7) is 2.74. The highest BCUT2D eigenvalue weighted by Gasteiger charge is 2.26. The van der Waals surface area contributed by atoms with Crippen LogP contribution in [0.3, 0.4) is 0 Å². The Kier molecular flexibility index (Phi) is 8.30. The predicted octanol–water partition coefficient (Wildman–Crippen LogP) is 4.99. The Balaban J connectivity index is 1.59. The number of methoxy groups -OCH3 is 1. The summed E-state index contributed by atoms with van der Waals surface area (Å²) in [5, 5.41) is 9.38. The molecule has 0 saturated carbocycles. The number of rotatable bonds is 9. The number of carbonyl (C=O) groups is 1. The first-order valence-electron chi connectivity index (χ1n) is 12.2. The lowest BCUT2D eigenvalue weighted by molar-refractivity contribution is 0.0600. The molecule has 0 atom stereocenters. The smallest absolute Gasteiger partial charge is 0.337 e. The minimum atomic E-state index is -0.318. The molecule has 1 saturated heterocycles. The molecule has 4 nitrogen and oxygen atoms in total. The molecule has 0 unspecified atom stereocenters. The van der Waals surface area contributed by atoms with Crippen molar-refractivity contribution in [1.29, 1.82) is 0 Å². The lowest BCUT2D eigenvalue weighted by atomic mass is 9.87. The summed E-state index contributed by atoms with van der Waals surface area (Å²) < 4.78 is 17.3. The van der Waals surface area contributed by atoms with E-state index in [1.165, 1.54) is 23.8 Å². The number of ether oxygens (including phenoxy) is 1. The summed E-state index contributed by atoms with van der Waals surface area (Å²) in [5.41, 5.74) is 7.70. The number of esters is 1. The summed E-state index contributed by atoms with van der Waals surface area (Å²) in [5.74, 6) is 0.324. The van der Waals surface area contributed by atoms with Gasteiger partial charge in [-0.25, -0.2) is 4.79 Å². The second kappa shape index (κ2) is 11.6. The van der Waals surface area contributed by atoms with Gasteiger partial charge >= 0.3 is 5.97 Å². The van der Waals surface area contributed by atoms with Crippen molar-refractivity contribution in [3.05, 3.63) is 88.0 Å². The Labute approximate surface area is 201 Å². The van der Waals surface area contributed by atoms with Gasteiger partial charge in [-0.1, -0.05) is 42.5 Å². The maximum atomic E-state index is 12.4. The quantitative estimate of drug-likeness (QED) is 0.532. The van der Waals surface area contributed by atoms with Gasteiger partial charge in [0.05, 0.1) is 26.0 Å². The van der Waals surface area contributed by atoms with Crippen LogP contribution in [0.2, 0.25) is 0 Å². The van der Waals surface area contributed by atoms with E-state index in [0.717, 1.165) is 62.0 Å². The fourth-order valence-corrected chi connectivity index (χ4v) is 5.17. The minimum absolute atomic E-state index is 0.00753. The molecular weight excluding hydrogens is 429 g/mol. The summed E-state index contributed by atoms with van der Waals surface area (Å²) in [4.78, 5) is 14.4. The number of aliphatic hydroxyl groups is 1. The molecule has 1 fully saturated rings. The third-order valence-corrected chi connectivity index (χ3v) is 6.84. The Morgan fingerprint density at radius 3 is 2.68 bits per heavy atom. The van der Waals surface area contributed by atoms with E-state index < -0.39 is 0 Å². The van der Waals surface area contributed by atoms with Crippen molar-refractivity contribution in [3.63, 3.8) is 0 Å². The maximum Gasteiger partial charge on any atom is 0.337 e. The molecule has 0 amide bonds. The number of halogens is 1. The van der Waals surface area contributed by atoms with E-state index in [-0.39, 0.29) is 19.3 Å². The molecule has 4 rings (SSSR count). The van der Waals surface area contributed by atoms with Crippen molar-refractivity contribution in [2.24, 2.45) is 5.92 Å². The van der Waals surface area contributed by atoms with Gasteiger partial charge in [0, 0.05) is 19.6 Å². The largest absolute Gasteiger partial charge is 0.465 e. The zero-order valence-corrected chi connectivity index (χ0v) is 19.9. The fourth-order valence-electron chi connectivity index (χ4n) is 5.17. The van der Waals surface area contributed by atoms with Gasteiger partial charge < -0.3 is 14.7 Å². The zero-order chi connectivity index (χ0) is 23.9. The van der Waals surface area contributed by atoms with E-state index in [2.05, 4.69) is 29.2 Å². The summed E-state index contributed by atoms with van der Waals surface area (Å²) >= 11 is 0. The number of benzene rings is 2. The first-order chi connectivity index (χ1) is 16.6. The SMILES string of the molecule is COC(=O)c1ccc2c(c1)CCCC(/C=C/CO)=C2c1ccc(CC2CN(CCCF)C2)cc1. The van der Waals surface area contributed by atoms with E-state index in [1.807, 2.05) is 24.3 Å². The number of carbonyl (C=O) groups excluding carboxylic acids is 1. The van der Waals surface area contributed by atoms with Crippen molar-refractivity contribution in [2.45, 2.75) is 32.1 Å². The van der Waals surface area contributed by atoms with Gasteiger partial charge in [-0.3, -0.25) is 4.39 Å². The molecule has 1 heterocycles. The topological polar surface area (TPSA) is 49.8 Å².